The molecule has 4 heteroatoms. The van der Waals surface area contributed by atoms with E-state index in [0.29, 0.717) is 21.6 Å². The number of Topliss-reactive ketones (excluding diaryl/α,β-unsaturated/α-hetero) is 1. The van der Waals surface area contributed by atoms with E-state index in [1.807, 2.05) is 25.1 Å². The number of carbonyl (C=O) groups is 1. The van der Waals surface area contributed by atoms with Crippen molar-refractivity contribution in [2.75, 3.05) is 0 Å². The van der Waals surface area contributed by atoms with Gasteiger partial charge in [0.15, 0.2) is 0 Å². The van der Waals surface area contributed by atoms with Gasteiger partial charge >= 0.3 is 0 Å². The Labute approximate surface area is 115 Å². The molecule has 0 atom stereocenters. The van der Waals surface area contributed by atoms with Gasteiger partial charge in [0.05, 0.1) is 17.2 Å². The number of hydrogen-bond donors (Lipinski definition) is 0. The standard InChI is InChI=1S/C16H10N2O2/c1-10-3-2-4-12(7-10)15-16(19)13-8-11(9-17)5-6-14(13)18(15)20/h2-8H,1H3. The fourth-order valence-electron chi connectivity index (χ4n) is 2.35. The first-order chi connectivity index (χ1) is 9.61. The summed E-state index contributed by atoms with van der Waals surface area (Å²) in [6.45, 7) is 1.90. The Balaban J connectivity index is 2.19. The SMILES string of the molecule is Cc1cccc(C2=[N+]([O-])c3ccc(C#N)cc3C2=O)c1. The third kappa shape index (κ3) is 1.69. The monoisotopic (exact) mass is 262 g/mol. The van der Waals surface area contributed by atoms with Crippen LogP contribution in [-0.2, 0) is 0 Å². The summed E-state index contributed by atoms with van der Waals surface area (Å²) in [5.41, 5.74) is 2.64. The molecule has 4 nitrogen and oxygen atoms in total. The molecule has 0 aromatic heterocycles. The number of nitrogens with zero attached hydrogens (tertiary/aromatic N) is 2. The van der Waals surface area contributed by atoms with Gasteiger partial charge in [-0.2, -0.15) is 10.0 Å². The van der Waals surface area contributed by atoms with Crippen molar-refractivity contribution in [2.24, 2.45) is 0 Å². The van der Waals surface area contributed by atoms with Gasteiger partial charge in [0.1, 0.15) is 5.56 Å². The minimum Gasteiger partial charge on any atom is -0.618 e. The Bertz CT molecular complexity index is 813. The van der Waals surface area contributed by atoms with Crippen LogP contribution in [0.1, 0.15) is 27.0 Å². The van der Waals surface area contributed by atoms with Crippen LogP contribution in [0.5, 0.6) is 0 Å². The van der Waals surface area contributed by atoms with E-state index in [-0.39, 0.29) is 17.1 Å². The van der Waals surface area contributed by atoms with Crippen LogP contribution >= 0.6 is 0 Å². The molecule has 2 aromatic rings. The van der Waals surface area contributed by atoms with Gasteiger partial charge in [0.2, 0.25) is 5.69 Å². The van der Waals surface area contributed by atoms with Gasteiger partial charge in [-0.15, -0.1) is 0 Å². The normalized spacial score (nSPS) is 13.3. The van der Waals surface area contributed by atoms with E-state index < -0.39 is 0 Å². The van der Waals surface area contributed by atoms with E-state index in [4.69, 9.17) is 5.26 Å². The molecule has 0 bridgehead atoms. The Morgan fingerprint density at radius 1 is 1.20 bits per heavy atom. The minimum absolute atomic E-state index is 0.110. The number of fused-ring (bicyclic) bond motifs is 1. The second-order valence-corrected chi connectivity index (χ2v) is 4.69. The van der Waals surface area contributed by atoms with Gasteiger partial charge in [-0.3, -0.25) is 4.79 Å². The van der Waals surface area contributed by atoms with Crippen molar-refractivity contribution < 1.29 is 9.53 Å². The van der Waals surface area contributed by atoms with Crippen LogP contribution in [0.15, 0.2) is 42.5 Å². The Morgan fingerprint density at radius 3 is 2.70 bits per heavy atom. The molecule has 2 aromatic carbocycles. The number of rotatable bonds is 1. The summed E-state index contributed by atoms with van der Waals surface area (Å²) < 4.78 is 0.646. The number of carbonyl (C=O) groups excluding carboxylic acids is 1. The molecule has 0 unspecified atom stereocenters. The predicted octanol–water partition coefficient (Wildman–Crippen LogP) is 2.69. The highest BCUT2D eigenvalue weighted by atomic mass is 16.5. The average Bonchev–Trinajstić information content (AvgIpc) is 2.70. The zero-order valence-electron chi connectivity index (χ0n) is 10.8. The Hall–Kier alpha value is -2.93. The second kappa shape index (κ2) is 4.32. The Kier molecular flexibility index (Phi) is 2.62. The van der Waals surface area contributed by atoms with Crippen molar-refractivity contribution in [3.8, 4) is 6.07 Å². The summed E-state index contributed by atoms with van der Waals surface area (Å²) in [4.78, 5) is 12.4. The molecule has 1 aliphatic rings. The van der Waals surface area contributed by atoms with Gasteiger partial charge in [-0.25, -0.2) is 0 Å². The summed E-state index contributed by atoms with van der Waals surface area (Å²) in [6.07, 6.45) is 0. The summed E-state index contributed by atoms with van der Waals surface area (Å²) in [5.74, 6) is -0.335. The first-order valence-corrected chi connectivity index (χ1v) is 6.12. The van der Waals surface area contributed by atoms with Gasteiger partial charge in [-0.1, -0.05) is 17.7 Å². The smallest absolute Gasteiger partial charge is 0.272 e. The van der Waals surface area contributed by atoms with Crippen LogP contribution in [0.25, 0.3) is 0 Å². The number of ketones is 1. The third-order valence-electron chi connectivity index (χ3n) is 3.30. The molecule has 0 radical (unpaired) electrons. The third-order valence-corrected chi connectivity index (χ3v) is 3.30. The first-order valence-electron chi connectivity index (χ1n) is 6.12. The molecule has 0 fully saturated rings. The number of hydrogen-bond acceptors (Lipinski definition) is 3. The van der Waals surface area contributed by atoms with E-state index in [9.17, 15) is 10.0 Å². The average molecular weight is 262 g/mol. The highest BCUT2D eigenvalue weighted by Crippen LogP contribution is 2.29. The lowest BCUT2D eigenvalue weighted by Gasteiger charge is -2.02. The maximum Gasteiger partial charge on any atom is 0.272 e. The molecule has 0 aliphatic carbocycles. The highest BCUT2D eigenvalue weighted by Gasteiger charge is 2.36. The molecule has 0 N–H and O–H groups in total. The van der Waals surface area contributed by atoms with Crippen molar-refractivity contribution in [1.82, 2.24) is 0 Å². The number of benzene rings is 2. The van der Waals surface area contributed by atoms with Gasteiger partial charge in [0, 0.05) is 6.07 Å². The largest absolute Gasteiger partial charge is 0.618 e. The van der Waals surface area contributed by atoms with Crippen molar-refractivity contribution in [3.63, 3.8) is 0 Å². The lowest BCUT2D eigenvalue weighted by atomic mass is 10.0. The van der Waals surface area contributed by atoms with Crippen molar-refractivity contribution >= 4 is 17.2 Å². The van der Waals surface area contributed by atoms with Crippen LogP contribution in [-0.4, -0.2) is 16.2 Å². The van der Waals surface area contributed by atoms with E-state index >= 15 is 0 Å². The molecular weight excluding hydrogens is 252 g/mol. The molecular formula is C16H10N2O2. The second-order valence-electron chi connectivity index (χ2n) is 4.69. The number of nitriles is 1. The molecule has 3 rings (SSSR count). The fourth-order valence-corrected chi connectivity index (χ4v) is 2.35. The predicted molar refractivity (Wildman–Crippen MR) is 74.1 cm³/mol. The van der Waals surface area contributed by atoms with Crippen LogP contribution in [0.4, 0.5) is 5.69 Å². The fraction of sp³-hybridized carbons (Fsp3) is 0.0625. The molecule has 1 heterocycles. The molecule has 0 saturated heterocycles. The van der Waals surface area contributed by atoms with Crippen molar-refractivity contribution in [3.05, 3.63) is 69.9 Å². The summed E-state index contributed by atoms with van der Waals surface area (Å²) in [5, 5.41) is 21.2. The zero-order chi connectivity index (χ0) is 14.3. The van der Waals surface area contributed by atoms with Crippen LogP contribution in [0, 0.1) is 23.5 Å². The number of aryl methyl sites for hydroxylation is 1. The van der Waals surface area contributed by atoms with Crippen molar-refractivity contribution in [1.29, 1.82) is 5.26 Å². The molecule has 0 saturated carbocycles. The van der Waals surface area contributed by atoms with Crippen molar-refractivity contribution in [2.45, 2.75) is 6.92 Å². The zero-order valence-corrected chi connectivity index (χ0v) is 10.8. The summed E-state index contributed by atoms with van der Waals surface area (Å²) >= 11 is 0. The maximum absolute atomic E-state index is 12.4. The van der Waals surface area contributed by atoms with E-state index in [1.165, 1.54) is 18.2 Å². The minimum atomic E-state index is -0.335. The molecule has 1 aliphatic heterocycles. The lowest BCUT2D eigenvalue weighted by molar-refractivity contribution is -0.355. The topological polar surface area (TPSA) is 66.9 Å². The highest BCUT2D eigenvalue weighted by molar-refractivity contribution is 6.52. The van der Waals surface area contributed by atoms with Crippen LogP contribution in [0.3, 0.4) is 0 Å². The first kappa shape index (κ1) is 12.1. The van der Waals surface area contributed by atoms with Gasteiger partial charge < -0.3 is 5.21 Å². The van der Waals surface area contributed by atoms with Crippen LogP contribution in [0.2, 0.25) is 0 Å². The van der Waals surface area contributed by atoms with Crippen LogP contribution < -0.4 is 0 Å². The molecule has 0 spiro atoms. The molecule has 20 heavy (non-hydrogen) atoms. The van der Waals surface area contributed by atoms with Gasteiger partial charge in [-0.05, 0) is 31.2 Å². The van der Waals surface area contributed by atoms with Gasteiger partial charge in [0.25, 0.3) is 11.5 Å². The Morgan fingerprint density at radius 2 is 2.00 bits per heavy atom. The maximum atomic E-state index is 12.4. The van der Waals surface area contributed by atoms with E-state index in [0.717, 1.165) is 5.56 Å². The van der Waals surface area contributed by atoms with E-state index in [2.05, 4.69) is 0 Å². The molecule has 96 valence electrons. The van der Waals surface area contributed by atoms with E-state index in [1.54, 1.807) is 12.1 Å². The quantitative estimate of drug-likeness (QED) is 0.586. The summed E-state index contributed by atoms with van der Waals surface area (Å²) in [6, 6.07) is 13.7. The summed E-state index contributed by atoms with van der Waals surface area (Å²) in [7, 11) is 0. The lowest BCUT2D eigenvalue weighted by Crippen LogP contribution is -2.16. The molecule has 0 amide bonds.